The molecule has 1 N–H and O–H groups in total. The van der Waals surface area contributed by atoms with Gasteiger partial charge in [0.1, 0.15) is 0 Å². The van der Waals surface area contributed by atoms with Crippen molar-refractivity contribution in [3.63, 3.8) is 0 Å². The van der Waals surface area contributed by atoms with Crippen LogP contribution in [0.4, 0.5) is 5.69 Å². The molecule has 0 aliphatic carbocycles. The summed E-state index contributed by atoms with van der Waals surface area (Å²) >= 11 is 0. The van der Waals surface area contributed by atoms with Gasteiger partial charge in [-0.3, -0.25) is 4.79 Å². The molecule has 0 spiro atoms. The fourth-order valence-electron chi connectivity index (χ4n) is 4.42. The Morgan fingerprint density at radius 1 is 0.861 bits per heavy atom. The average molecular weight is 475 g/mol. The number of rotatable bonds is 5. The SMILES string of the molecule is Cc1ccc(-n2ncc(-c3cc(C(=O)Nc4ccc(C(C)C)cc4)c4cc(C)ccc4n3)c2C)cc1. The van der Waals surface area contributed by atoms with Crippen molar-refractivity contribution in [1.29, 1.82) is 0 Å². The van der Waals surface area contributed by atoms with Crippen LogP contribution in [0.3, 0.4) is 0 Å². The van der Waals surface area contributed by atoms with Crippen molar-refractivity contribution in [2.24, 2.45) is 0 Å². The van der Waals surface area contributed by atoms with Crippen LogP contribution in [0.25, 0.3) is 27.8 Å². The Morgan fingerprint density at radius 2 is 1.56 bits per heavy atom. The van der Waals surface area contributed by atoms with E-state index in [9.17, 15) is 4.79 Å². The van der Waals surface area contributed by atoms with Crippen molar-refractivity contribution >= 4 is 22.5 Å². The molecule has 180 valence electrons. The summed E-state index contributed by atoms with van der Waals surface area (Å²) in [6.07, 6.45) is 1.82. The maximum atomic E-state index is 13.5. The van der Waals surface area contributed by atoms with E-state index < -0.39 is 0 Å². The molecule has 3 aromatic carbocycles. The fraction of sp³-hybridized carbons (Fsp3) is 0.194. The largest absolute Gasteiger partial charge is 0.322 e. The Hall–Kier alpha value is -4.25. The Kier molecular flexibility index (Phi) is 6.15. The van der Waals surface area contributed by atoms with E-state index >= 15 is 0 Å². The number of fused-ring (bicyclic) bond motifs is 1. The first-order chi connectivity index (χ1) is 17.3. The summed E-state index contributed by atoms with van der Waals surface area (Å²) in [6.45, 7) is 10.4. The van der Waals surface area contributed by atoms with Crippen LogP contribution in [0.1, 0.15) is 52.5 Å². The van der Waals surface area contributed by atoms with Crippen molar-refractivity contribution < 1.29 is 4.79 Å². The van der Waals surface area contributed by atoms with Crippen molar-refractivity contribution in [2.75, 3.05) is 5.32 Å². The molecule has 36 heavy (non-hydrogen) atoms. The highest BCUT2D eigenvalue weighted by Gasteiger charge is 2.18. The van der Waals surface area contributed by atoms with Crippen LogP contribution in [0.5, 0.6) is 0 Å². The molecular weight excluding hydrogens is 444 g/mol. The van der Waals surface area contributed by atoms with Crippen molar-refractivity contribution in [3.8, 4) is 16.9 Å². The summed E-state index contributed by atoms with van der Waals surface area (Å²) in [5, 5.41) is 8.54. The second-order valence-corrected chi connectivity index (χ2v) is 9.70. The van der Waals surface area contributed by atoms with Crippen LogP contribution in [0, 0.1) is 20.8 Å². The van der Waals surface area contributed by atoms with Gasteiger partial charge < -0.3 is 5.32 Å². The van der Waals surface area contributed by atoms with Gasteiger partial charge >= 0.3 is 0 Å². The van der Waals surface area contributed by atoms with Gasteiger partial charge in [0.2, 0.25) is 0 Å². The molecular formula is C31H30N4O. The highest BCUT2D eigenvalue weighted by molar-refractivity contribution is 6.13. The lowest BCUT2D eigenvalue weighted by Crippen LogP contribution is -2.13. The summed E-state index contributed by atoms with van der Waals surface area (Å²) < 4.78 is 1.91. The van der Waals surface area contributed by atoms with Crippen LogP contribution < -0.4 is 5.32 Å². The Labute approximate surface area is 211 Å². The molecule has 0 radical (unpaired) electrons. The number of anilines is 1. The Morgan fingerprint density at radius 3 is 2.25 bits per heavy atom. The summed E-state index contributed by atoms with van der Waals surface area (Å²) in [5.41, 5.74) is 9.23. The number of nitrogens with one attached hydrogen (secondary N) is 1. The predicted molar refractivity (Wildman–Crippen MR) is 147 cm³/mol. The molecule has 0 bridgehead atoms. The number of carbonyl (C=O) groups excluding carboxylic acids is 1. The normalized spacial score (nSPS) is 11.3. The summed E-state index contributed by atoms with van der Waals surface area (Å²) in [5.74, 6) is 0.281. The number of benzene rings is 3. The summed E-state index contributed by atoms with van der Waals surface area (Å²) in [6, 6.07) is 24.2. The van der Waals surface area contributed by atoms with Crippen LogP contribution in [-0.4, -0.2) is 20.7 Å². The highest BCUT2D eigenvalue weighted by Crippen LogP contribution is 2.29. The van der Waals surface area contributed by atoms with E-state index in [4.69, 9.17) is 4.98 Å². The quantitative estimate of drug-likeness (QED) is 0.289. The molecule has 0 unspecified atom stereocenters. The number of carbonyl (C=O) groups is 1. The zero-order chi connectivity index (χ0) is 25.4. The average Bonchev–Trinajstić information content (AvgIpc) is 3.25. The number of hydrogen-bond donors (Lipinski definition) is 1. The van der Waals surface area contributed by atoms with Gasteiger partial charge in [-0.25, -0.2) is 9.67 Å². The molecule has 0 aliphatic rings. The van der Waals surface area contributed by atoms with Gasteiger partial charge in [-0.05, 0) is 74.7 Å². The second-order valence-electron chi connectivity index (χ2n) is 9.70. The van der Waals surface area contributed by atoms with E-state index in [1.54, 1.807) is 0 Å². The van der Waals surface area contributed by atoms with E-state index in [2.05, 4.69) is 67.6 Å². The summed E-state index contributed by atoms with van der Waals surface area (Å²) in [7, 11) is 0. The Bertz CT molecular complexity index is 1560. The van der Waals surface area contributed by atoms with E-state index in [0.29, 0.717) is 11.5 Å². The van der Waals surface area contributed by atoms with Crippen molar-refractivity contribution in [1.82, 2.24) is 14.8 Å². The molecule has 0 saturated carbocycles. The second kappa shape index (κ2) is 9.42. The maximum absolute atomic E-state index is 13.5. The number of aromatic nitrogens is 3. The maximum Gasteiger partial charge on any atom is 0.256 e. The van der Waals surface area contributed by atoms with Gasteiger partial charge in [-0.1, -0.05) is 55.3 Å². The predicted octanol–water partition coefficient (Wildman–Crippen LogP) is 7.39. The lowest BCUT2D eigenvalue weighted by molar-refractivity contribution is 0.102. The molecule has 2 aromatic heterocycles. The van der Waals surface area contributed by atoms with Crippen LogP contribution >= 0.6 is 0 Å². The van der Waals surface area contributed by atoms with E-state index in [0.717, 1.165) is 44.8 Å². The number of nitrogens with zero attached hydrogens (tertiary/aromatic N) is 3. The molecule has 0 saturated heterocycles. The molecule has 5 heteroatoms. The third-order valence-electron chi connectivity index (χ3n) is 6.61. The fourth-order valence-corrected chi connectivity index (χ4v) is 4.42. The zero-order valence-corrected chi connectivity index (χ0v) is 21.3. The number of pyridine rings is 1. The van der Waals surface area contributed by atoms with Gasteiger partial charge in [0.25, 0.3) is 5.91 Å². The van der Waals surface area contributed by atoms with Crippen LogP contribution in [-0.2, 0) is 0 Å². The van der Waals surface area contributed by atoms with Gasteiger partial charge in [-0.15, -0.1) is 0 Å². The minimum absolute atomic E-state index is 0.157. The third-order valence-corrected chi connectivity index (χ3v) is 6.61. The molecule has 0 atom stereocenters. The monoisotopic (exact) mass is 474 g/mol. The minimum atomic E-state index is -0.157. The lowest BCUT2D eigenvalue weighted by atomic mass is 10.0. The lowest BCUT2D eigenvalue weighted by Gasteiger charge is -2.12. The topological polar surface area (TPSA) is 59.8 Å². The van der Waals surface area contributed by atoms with Crippen molar-refractivity contribution in [3.05, 3.63) is 107 Å². The first-order valence-electron chi connectivity index (χ1n) is 12.2. The molecule has 5 nitrogen and oxygen atoms in total. The first kappa shape index (κ1) is 23.5. The zero-order valence-electron chi connectivity index (χ0n) is 21.3. The van der Waals surface area contributed by atoms with Gasteiger partial charge in [0.05, 0.1) is 34.4 Å². The van der Waals surface area contributed by atoms with Gasteiger partial charge in [0.15, 0.2) is 0 Å². The first-order valence-corrected chi connectivity index (χ1v) is 12.2. The number of hydrogen-bond acceptors (Lipinski definition) is 3. The molecule has 1 amide bonds. The van der Waals surface area contributed by atoms with Crippen molar-refractivity contribution in [2.45, 2.75) is 40.5 Å². The minimum Gasteiger partial charge on any atom is -0.322 e. The smallest absolute Gasteiger partial charge is 0.256 e. The molecule has 0 aliphatic heterocycles. The van der Waals surface area contributed by atoms with Gasteiger partial charge in [0, 0.05) is 16.6 Å². The van der Waals surface area contributed by atoms with Crippen LogP contribution in [0.15, 0.2) is 79.0 Å². The highest BCUT2D eigenvalue weighted by atomic mass is 16.1. The van der Waals surface area contributed by atoms with E-state index in [-0.39, 0.29) is 5.91 Å². The number of aryl methyl sites for hydroxylation is 2. The third kappa shape index (κ3) is 4.52. The Balaban J connectivity index is 1.56. The molecule has 0 fully saturated rings. The van der Waals surface area contributed by atoms with Crippen LogP contribution in [0.2, 0.25) is 0 Å². The van der Waals surface area contributed by atoms with Gasteiger partial charge in [-0.2, -0.15) is 5.10 Å². The van der Waals surface area contributed by atoms with E-state index in [1.807, 2.05) is 61.1 Å². The van der Waals surface area contributed by atoms with E-state index in [1.165, 1.54) is 11.1 Å². The molecule has 5 rings (SSSR count). The number of amides is 1. The molecule has 5 aromatic rings. The standard InChI is InChI=1S/C31H30N4O/c1-19(2)23-9-11-24(12-10-23)33-31(36)27-17-30(34-29-15-8-21(4)16-26(27)29)28-18-32-35(22(28)5)25-13-6-20(3)7-14-25/h6-19H,1-5H3,(H,33,36). The molecule has 2 heterocycles. The summed E-state index contributed by atoms with van der Waals surface area (Å²) in [4.78, 5) is 18.4.